The maximum atomic E-state index is 12.0. The van der Waals surface area contributed by atoms with Crippen LogP contribution in [0.1, 0.15) is 17.5 Å². The number of amides is 1. The molecule has 0 saturated heterocycles. The smallest absolute Gasteiger partial charge is 0.221 e. The second-order valence-corrected chi connectivity index (χ2v) is 7.76. The fraction of sp³-hybridized carbons (Fsp3) is 0.333. The van der Waals surface area contributed by atoms with Gasteiger partial charge >= 0.3 is 0 Å². The molecule has 0 aliphatic heterocycles. The maximum absolute atomic E-state index is 12.0. The fourth-order valence-corrected chi connectivity index (χ4v) is 3.20. The summed E-state index contributed by atoms with van der Waals surface area (Å²) in [6.45, 7) is 0.943. The average Bonchev–Trinajstić information content (AvgIpc) is 2.60. The van der Waals surface area contributed by atoms with Crippen molar-refractivity contribution >= 4 is 15.9 Å². The third kappa shape index (κ3) is 7.03. The zero-order valence-electron chi connectivity index (χ0n) is 14.3. The van der Waals surface area contributed by atoms with E-state index in [9.17, 15) is 13.2 Å². The van der Waals surface area contributed by atoms with E-state index in [-0.39, 0.29) is 18.9 Å². The van der Waals surface area contributed by atoms with Gasteiger partial charge in [-0.2, -0.15) is 0 Å². The van der Waals surface area contributed by atoms with Gasteiger partial charge in [-0.05, 0) is 29.7 Å². The summed E-state index contributed by atoms with van der Waals surface area (Å²) in [7, 11) is -3.35. The van der Waals surface area contributed by atoms with Crippen LogP contribution < -0.4 is 5.32 Å². The molecule has 1 amide bonds. The van der Waals surface area contributed by atoms with Crippen LogP contribution in [0, 0.1) is 0 Å². The van der Waals surface area contributed by atoms with E-state index in [1.54, 1.807) is 12.4 Å². The third-order valence-corrected chi connectivity index (χ3v) is 5.09. The molecule has 2 rings (SSSR count). The summed E-state index contributed by atoms with van der Waals surface area (Å²) in [5.41, 5.74) is 2.02. The summed E-state index contributed by atoms with van der Waals surface area (Å²) in [6, 6.07) is 13.3. The van der Waals surface area contributed by atoms with E-state index in [0.29, 0.717) is 19.5 Å². The van der Waals surface area contributed by atoms with Gasteiger partial charge in [0.2, 0.25) is 15.9 Å². The molecule has 0 atom stereocenters. The van der Waals surface area contributed by atoms with Crippen LogP contribution in [-0.4, -0.2) is 43.0 Å². The predicted molar refractivity (Wildman–Crippen MR) is 97.3 cm³/mol. The average molecular weight is 361 g/mol. The first-order chi connectivity index (χ1) is 11.9. The molecular weight excluding hydrogens is 338 g/mol. The largest absolute Gasteiger partial charge is 0.352 e. The normalized spacial score (nSPS) is 11.4. The van der Waals surface area contributed by atoms with Gasteiger partial charge in [0.05, 0.1) is 6.26 Å². The third-order valence-electron chi connectivity index (χ3n) is 3.79. The van der Waals surface area contributed by atoms with Crippen molar-refractivity contribution in [3.63, 3.8) is 0 Å². The first-order valence-corrected chi connectivity index (χ1v) is 9.94. The number of hydrogen-bond donors (Lipinski definition) is 1. The lowest BCUT2D eigenvalue weighted by molar-refractivity contribution is -0.121. The van der Waals surface area contributed by atoms with Crippen LogP contribution in [0.3, 0.4) is 0 Å². The second-order valence-electron chi connectivity index (χ2n) is 5.78. The van der Waals surface area contributed by atoms with Gasteiger partial charge in [-0.3, -0.25) is 9.78 Å². The van der Waals surface area contributed by atoms with E-state index >= 15 is 0 Å². The Balaban J connectivity index is 1.82. The molecule has 7 heteroatoms. The molecule has 0 saturated carbocycles. The summed E-state index contributed by atoms with van der Waals surface area (Å²) in [5.74, 6) is -0.176. The standard InChI is InChI=1S/C18H23N3O3S/c1-25(23,24)21(13-9-16-5-3-2-4-6-16)14-10-18(22)20-15-17-7-11-19-12-8-17/h2-8,11-12H,9-10,13-15H2,1H3,(H,20,22). The topological polar surface area (TPSA) is 79.4 Å². The molecule has 0 aliphatic rings. The zero-order chi connectivity index (χ0) is 18.1. The SMILES string of the molecule is CS(=O)(=O)N(CCC(=O)NCc1ccncc1)CCc1ccccc1. The van der Waals surface area contributed by atoms with E-state index in [0.717, 1.165) is 11.1 Å². The molecule has 1 aromatic heterocycles. The predicted octanol–water partition coefficient (Wildman–Crippen LogP) is 1.59. The highest BCUT2D eigenvalue weighted by Crippen LogP contribution is 2.06. The fourth-order valence-electron chi connectivity index (χ4n) is 2.36. The Morgan fingerprint density at radius 1 is 1.04 bits per heavy atom. The van der Waals surface area contributed by atoms with Crippen molar-refractivity contribution in [2.75, 3.05) is 19.3 Å². The molecule has 1 N–H and O–H groups in total. The Kier molecular flexibility index (Phi) is 7.09. The lowest BCUT2D eigenvalue weighted by Gasteiger charge is -2.19. The molecule has 0 unspecified atom stereocenters. The first-order valence-electron chi connectivity index (χ1n) is 8.10. The van der Waals surface area contributed by atoms with Gasteiger partial charge in [0, 0.05) is 38.4 Å². The number of sulfonamides is 1. The Bertz CT molecular complexity index is 765. The van der Waals surface area contributed by atoms with Crippen LogP contribution in [-0.2, 0) is 27.8 Å². The van der Waals surface area contributed by atoms with Crippen LogP contribution in [0.5, 0.6) is 0 Å². The van der Waals surface area contributed by atoms with Gasteiger partial charge in [-0.25, -0.2) is 12.7 Å². The van der Waals surface area contributed by atoms with Gasteiger partial charge in [-0.15, -0.1) is 0 Å². The molecule has 2 aromatic rings. The molecule has 1 aromatic carbocycles. The van der Waals surface area contributed by atoms with E-state index < -0.39 is 10.0 Å². The van der Waals surface area contributed by atoms with Crippen molar-refractivity contribution in [1.29, 1.82) is 0 Å². The van der Waals surface area contributed by atoms with Crippen LogP contribution in [0.25, 0.3) is 0 Å². The van der Waals surface area contributed by atoms with Crippen molar-refractivity contribution in [3.05, 3.63) is 66.0 Å². The van der Waals surface area contributed by atoms with Gasteiger partial charge in [0.15, 0.2) is 0 Å². The Morgan fingerprint density at radius 2 is 1.72 bits per heavy atom. The summed E-state index contributed by atoms with van der Waals surface area (Å²) < 4.78 is 25.2. The van der Waals surface area contributed by atoms with E-state index in [4.69, 9.17) is 0 Å². The van der Waals surface area contributed by atoms with Crippen molar-refractivity contribution in [1.82, 2.24) is 14.6 Å². The summed E-state index contributed by atoms with van der Waals surface area (Å²) >= 11 is 0. The van der Waals surface area contributed by atoms with Gasteiger partial charge < -0.3 is 5.32 Å². The number of carbonyl (C=O) groups excluding carboxylic acids is 1. The Labute approximate surface area is 148 Å². The quantitative estimate of drug-likeness (QED) is 0.736. The Hall–Kier alpha value is -2.25. The number of nitrogens with one attached hydrogen (secondary N) is 1. The molecule has 6 nitrogen and oxygen atoms in total. The van der Waals surface area contributed by atoms with Gasteiger partial charge in [0.25, 0.3) is 0 Å². The van der Waals surface area contributed by atoms with Crippen LogP contribution in [0.4, 0.5) is 0 Å². The van der Waals surface area contributed by atoms with E-state index in [1.807, 2.05) is 42.5 Å². The van der Waals surface area contributed by atoms with Crippen molar-refractivity contribution in [2.24, 2.45) is 0 Å². The highest BCUT2D eigenvalue weighted by molar-refractivity contribution is 7.88. The molecular formula is C18H23N3O3S. The highest BCUT2D eigenvalue weighted by Gasteiger charge is 2.17. The van der Waals surface area contributed by atoms with E-state index in [2.05, 4.69) is 10.3 Å². The van der Waals surface area contributed by atoms with E-state index in [1.165, 1.54) is 10.6 Å². The summed E-state index contributed by atoms with van der Waals surface area (Å²) in [5, 5.41) is 2.79. The summed E-state index contributed by atoms with van der Waals surface area (Å²) in [4.78, 5) is 15.9. The van der Waals surface area contributed by atoms with Crippen LogP contribution in [0.15, 0.2) is 54.9 Å². The molecule has 25 heavy (non-hydrogen) atoms. The van der Waals surface area contributed by atoms with Gasteiger partial charge in [0.1, 0.15) is 0 Å². The number of hydrogen-bond acceptors (Lipinski definition) is 4. The Morgan fingerprint density at radius 3 is 2.36 bits per heavy atom. The van der Waals surface area contributed by atoms with Crippen molar-refractivity contribution < 1.29 is 13.2 Å². The zero-order valence-corrected chi connectivity index (χ0v) is 15.1. The van der Waals surface area contributed by atoms with Crippen molar-refractivity contribution in [2.45, 2.75) is 19.4 Å². The van der Waals surface area contributed by atoms with Crippen LogP contribution in [0.2, 0.25) is 0 Å². The number of rotatable bonds is 9. The first kappa shape index (κ1) is 19.1. The lowest BCUT2D eigenvalue weighted by atomic mass is 10.1. The number of carbonyl (C=O) groups is 1. The van der Waals surface area contributed by atoms with Gasteiger partial charge in [-0.1, -0.05) is 30.3 Å². The minimum absolute atomic E-state index is 0.132. The monoisotopic (exact) mass is 361 g/mol. The minimum atomic E-state index is -3.35. The number of benzene rings is 1. The molecule has 0 fully saturated rings. The molecule has 1 heterocycles. The highest BCUT2D eigenvalue weighted by atomic mass is 32.2. The summed E-state index contributed by atoms with van der Waals surface area (Å²) in [6.07, 6.45) is 5.25. The molecule has 0 aliphatic carbocycles. The second kappa shape index (κ2) is 9.29. The van der Waals surface area contributed by atoms with Crippen molar-refractivity contribution in [3.8, 4) is 0 Å². The molecule has 0 spiro atoms. The molecule has 0 radical (unpaired) electrons. The molecule has 0 bridgehead atoms. The minimum Gasteiger partial charge on any atom is -0.352 e. The number of aromatic nitrogens is 1. The number of nitrogens with zero attached hydrogens (tertiary/aromatic N) is 2. The van der Waals surface area contributed by atoms with Crippen LogP contribution >= 0.6 is 0 Å². The number of pyridine rings is 1. The lowest BCUT2D eigenvalue weighted by Crippen LogP contribution is -2.35. The molecule has 134 valence electrons. The maximum Gasteiger partial charge on any atom is 0.221 e.